The zero-order valence-electron chi connectivity index (χ0n) is 10.0. The van der Waals surface area contributed by atoms with E-state index >= 15 is 0 Å². The number of carbonyl (C=O) groups is 1. The van der Waals surface area contributed by atoms with Gasteiger partial charge in [-0.05, 0) is 19.9 Å². The Bertz CT molecular complexity index is 400. The minimum atomic E-state index is -1.63. The van der Waals surface area contributed by atoms with Crippen molar-refractivity contribution in [1.29, 1.82) is 0 Å². The molecule has 5 heteroatoms. The molecular weight excluding hydrogens is 224 g/mol. The van der Waals surface area contributed by atoms with Crippen LogP contribution in [-0.2, 0) is 4.79 Å². The molecule has 94 valence electrons. The van der Waals surface area contributed by atoms with Gasteiger partial charge in [0.15, 0.2) is 17.6 Å². The van der Waals surface area contributed by atoms with Crippen LogP contribution < -0.4 is 9.47 Å². The summed E-state index contributed by atoms with van der Waals surface area (Å²) in [4.78, 5) is 10.8. The molecule has 1 atom stereocenters. The normalized spacial score (nSPS) is 12.3. The highest BCUT2D eigenvalue weighted by molar-refractivity contribution is 5.75. The van der Waals surface area contributed by atoms with E-state index in [1.54, 1.807) is 12.1 Å². The minimum Gasteiger partial charge on any atom is -0.493 e. The molecule has 0 saturated carbocycles. The zero-order chi connectivity index (χ0) is 13.0. The molecule has 0 fully saturated rings. The van der Waals surface area contributed by atoms with Gasteiger partial charge in [-0.15, -0.1) is 0 Å². The Morgan fingerprint density at radius 3 is 2.47 bits per heavy atom. The molecule has 17 heavy (non-hydrogen) atoms. The van der Waals surface area contributed by atoms with Gasteiger partial charge in [0.1, 0.15) is 0 Å². The van der Waals surface area contributed by atoms with Crippen LogP contribution in [-0.4, -0.2) is 29.4 Å². The van der Waals surface area contributed by atoms with Crippen LogP contribution in [0, 0.1) is 0 Å². The first kappa shape index (κ1) is 13.3. The molecule has 2 N–H and O–H groups in total. The summed E-state index contributed by atoms with van der Waals surface area (Å²) in [5.74, 6) is -0.664. The highest BCUT2D eigenvalue weighted by Crippen LogP contribution is 2.35. The van der Waals surface area contributed by atoms with Crippen LogP contribution in [0.25, 0.3) is 0 Å². The van der Waals surface area contributed by atoms with E-state index in [1.165, 1.54) is 13.2 Å². The number of hydrogen-bond acceptors (Lipinski definition) is 4. The lowest BCUT2D eigenvalue weighted by Gasteiger charge is -2.18. The SMILES string of the molecule is COc1cccc(C(O)C(=O)O)c1OC(C)C. The number of hydrogen-bond donors (Lipinski definition) is 2. The van der Waals surface area contributed by atoms with E-state index in [0.717, 1.165) is 0 Å². The molecular formula is C12H16O5. The Morgan fingerprint density at radius 1 is 1.35 bits per heavy atom. The van der Waals surface area contributed by atoms with Gasteiger partial charge in [-0.2, -0.15) is 0 Å². The van der Waals surface area contributed by atoms with E-state index in [9.17, 15) is 9.90 Å². The molecule has 1 rings (SSSR count). The lowest BCUT2D eigenvalue weighted by Crippen LogP contribution is -2.15. The Labute approximate surface area is 99.6 Å². The maximum absolute atomic E-state index is 10.8. The van der Waals surface area contributed by atoms with Crippen molar-refractivity contribution in [2.75, 3.05) is 7.11 Å². The van der Waals surface area contributed by atoms with Crippen LogP contribution in [0.4, 0.5) is 0 Å². The number of benzene rings is 1. The smallest absolute Gasteiger partial charge is 0.337 e. The van der Waals surface area contributed by atoms with Gasteiger partial charge in [0.05, 0.1) is 13.2 Å². The number of ether oxygens (including phenoxy) is 2. The number of aliphatic hydroxyl groups is 1. The van der Waals surface area contributed by atoms with Crippen molar-refractivity contribution in [3.05, 3.63) is 23.8 Å². The molecule has 0 bridgehead atoms. The monoisotopic (exact) mass is 240 g/mol. The molecule has 0 aliphatic carbocycles. The maximum Gasteiger partial charge on any atom is 0.337 e. The summed E-state index contributed by atoms with van der Waals surface area (Å²) in [6.45, 7) is 3.62. The molecule has 1 aromatic rings. The summed E-state index contributed by atoms with van der Waals surface area (Å²) in [7, 11) is 1.46. The fourth-order valence-electron chi connectivity index (χ4n) is 1.40. The Morgan fingerprint density at radius 2 is 2.00 bits per heavy atom. The molecule has 5 nitrogen and oxygen atoms in total. The third-order valence-corrected chi connectivity index (χ3v) is 2.11. The number of carboxylic acids is 1. The van der Waals surface area contributed by atoms with E-state index in [0.29, 0.717) is 5.75 Å². The molecule has 1 aromatic carbocycles. The summed E-state index contributed by atoms with van der Waals surface area (Å²) in [5.41, 5.74) is 0.186. The van der Waals surface area contributed by atoms with E-state index < -0.39 is 12.1 Å². The summed E-state index contributed by atoms with van der Waals surface area (Å²) >= 11 is 0. The van der Waals surface area contributed by atoms with Crippen LogP contribution >= 0.6 is 0 Å². The largest absolute Gasteiger partial charge is 0.493 e. The zero-order valence-corrected chi connectivity index (χ0v) is 10.0. The Hall–Kier alpha value is -1.75. The first-order chi connectivity index (χ1) is 7.97. The second-order valence-electron chi connectivity index (χ2n) is 3.79. The molecule has 0 radical (unpaired) electrons. The number of carboxylic acid groups (broad SMARTS) is 1. The molecule has 0 aliphatic heterocycles. The summed E-state index contributed by atoms with van der Waals surface area (Å²) in [6.07, 6.45) is -1.77. The van der Waals surface area contributed by atoms with Crippen LogP contribution in [0.1, 0.15) is 25.5 Å². The third kappa shape index (κ3) is 3.10. The highest BCUT2D eigenvalue weighted by Gasteiger charge is 2.23. The molecule has 0 saturated heterocycles. The molecule has 1 unspecified atom stereocenters. The van der Waals surface area contributed by atoms with Gasteiger partial charge < -0.3 is 19.7 Å². The summed E-state index contributed by atoms with van der Waals surface area (Å²) in [6, 6.07) is 4.75. The minimum absolute atomic E-state index is 0.147. The van der Waals surface area contributed by atoms with E-state index in [-0.39, 0.29) is 17.4 Å². The van der Waals surface area contributed by atoms with Gasteiger partial charge in [-0.3, -0.25) is 0 Å². The average Bonchev–Trinajstić information content (AvgIpc) is 2.27. The van der Waals surface area contributed by atoms with Crippen molar-refractivity contribution in [1.82, 2.24) is 0 Å². The fraction of sp³-hybridized carbons (Fsp3) is 0.417. The molecule has 0 spiro atoms. The van der Waals surface area contributed by atoms with Crippen LogP contribution in [0.2, 0.25) is 0 Å². The standard InChI is InChI=1S/C12H16O5/c1-7(2)17-11-8(10(13)12(14)15)5-4-6-9(11)16-3/h4-7,10,13H,1-3H3,(H,14,15). The quantitative estimate of drug-likeness (QED) is 0.817. The summed E-state index contributed by atoms with van der Waals surface area (Å²) in [5, 5.41) is 18.4. The van der Waals surface area contributed by atoms with E-state index in [2.05, 4.69) is 0 Å². The number of rotatable bonds is 5. The van der Waals surface area contributed by atoms with Crippen LogP contribution in [0.5, 0.6) is 11.5 Å². The highest BCUT2D eigenvalue weighted by atomic mass is 16.5. The van der Waals surface area contributed by atoms with E-state index in [4.69, 9.17) is 14.6 Å². The topological polar surface area (TPSA) is 76.0 Å². The van der Waals surface area contributed by atoms with Gasteiger partial charge in [-0.25, -0.2) is 4.79 Å². The van der Waals surface area contributed by atoms with Crippen LogP contribution in [0.15, 0.2) is 18.2 Å². The third-order valence-electron chi connectivity index (χ3n) is 2.11. The maximum atomic E-state index is 10.8. The Balaban J connectivity index is 3.23. The predicted octanol–water partition coefficient (Wildman–Crippen LogP) is 1.60. The van der Waals surface area contributed by atoms with Crippen molar-refractivity contribution in [3.63, 3.8) is 0 Å². The van der Waals surface area contributed by atoms with E-state index in [1.807, 2.05) is 13.8 Å². The summed E-state index contributed by atoms with van der Waals surface area (Å²) < 4.78 is 10.6. The van der Waals surface area contributed by atoms with Gasteiger partial charge in [-0.1, -0.05) is 12.1 Å². The van der Waals surface area contributed by atoms with Gasteiger partial charge in [0, 0.05) is 5.56 Å². The van der Waals surface area contributed by atoms with Crippen molar-refractivity contribution in [3.8, 4) is 11.5 Å². The predicted molar refractivity (Wildman–Crippen MR) is 61.4 cm³/mol. The van der Waals surface area contributed by atoms with Crippen molar-refractivity contribution >= 4 is 5.97 Å². The second-order valence-corrected chi connectivity index (χ2v) is 3.79. The fourth-order valence-corrected chi connectivity index (χ4v) is 1.40. The van der Waals surface area contributed by atoms with Gasteiger partial charge >= 0.3 is 5.97 Å². The number of methoxy groups -OCH3 is 1. The van der Waals surface area contributed by atoms with Crippen molar-refractivity contribution in [2.45, 2.75) is 26.1 Å². The lowest BCUT2D eigenvalue weighted by molar-refractivity contribution is -0.147. The first-order valence-corrected chi connectivity index (χ1v) is 5.21. The second kappa shape index (κ2) is 5.54. The Kier molecular flexibility index (Phi) is 4.34. The number of para-hydroxylation sites is 1. The average molecular weight is 240 g/mol. The van der Waals surface area contributed by atoms with Gasteiger partial charge in [0.25, 0.3) is 0 Å². The first-order valence-electron chi connectivity index (χ1n) is 5.21. The van der Waals surface area contributed by atoms with Crippen molar-refractivity contribution < 1.29 is 24.5 Å². The molecule has 0 aliphatic rings. The molecule has 0 amide bonds. The van der Waals surface area contributed by atoms with Crippen molar-refractivity contribution in [2.24, 2.45) is 0 Å². The van der Waals surface area contributed by atoms with Gasteiger partial charge in [0.2, 0.25) is 0 Å². The molecule has 0 aromatic heterocycles. The van der Waals surface area contributed by atoms with Crippen LogP contribution in [0.3, 0.4) is 0 Å². The lowest BCUT2D eigenvalue weighted by atomic mass is 10.1. The number of aliphatic hydroxyl groups excluding tert-OH is 1. The molecule has 0 heterocycles. The number of aliphatic carboxylic acids is 1.